The molecule has 2 atom stereocenters. The summed E-state index contributed by atoms with van der Waals surface area (Å²) in [4.78, 5) is 6.42. The fourth-order valence-corrected chi connectivity index (χ4v) is 3.37. The normalized spacial score (nSPS) is 22.2. The van der Waals surface area contributed by atoms with Crippen LogP contribution in [0.2, 0.25) is 0 Å². The average molecular weight is 281 g/mol. The molecule has 19 heavy (non-hydrogen) atoms. The Morgan fingerprint density at radius 2 is 2.42 bits per heavy atom. The lowest BCUT2D eigenvalue weighted by Gasteiger charge is -2.30. The summed E-state index contributed by atoms with van der Waals surface area (Å²) in [5.41, 5.74) is 0. The van der Waals surface area contributed by atoms with Gasteiger partial charge in [0.2, 0.25) is 0 Å². The predicted molar refractivity (Wildman–Crippen MR) is 83.8 cm³/mol. The summed E-state index contributed by atoms with van der Waals surface area (Å²) in [5.74, 6) is 0. The second-order valence-corrected chi connectivity index (χ2v) is 6.81. The molecule has 4 heteroatoms. The molecule has 2 unspecified atom stereocenters. The Morgan fingerprint density at radius 1 is 1.58 bits per heavy atom. The van der Waals surface area contributed by atoms with Gasteiger partial charge in [-0.05, 0) is 51.9 Å². The Balaban J connectivity index is 1.65. The molecule has 1 fully saturated rings. The summed E-state index contributed by atoms with van der Waals surface area (Å²) in [7, 11) is 4.51. The highest BCUT2D eigenvalue weighted by Gasteiger charge is 2.23. The molecule has 0 radical (unpaired) electrons. The highest BCUT2D eigenvalue weighted by molar-refractivity contribution is 7.09. The summed E-state index contributed by atoms with van der Waals surface area (Å²) in [6, 6.07) is 5.66. The van der Waals surface area contributed by atoms with Gasteiger partial charge >= 0.3 is 0 Å². The third kappa shape index (κ3) is 4.56. The number of nitrogens with zero attached hydrogens (tertiary/aromatic N) is 2. The lowest BCUT2D eigenvalue weighted by Crippen LogP contribution is -2.44. The van der Waals surface area contributed by atoms with Crippen molar-refractivity contribution in [1.82, 2.24) is 15.1 Å². The highest BCUT2D eigenvalue weighted by atomic mass is 32.1. The van der Waals surface area contributed by atoms with Crippen LogP contribution in [-0.2, 0) is 6.54 Å². The first kappa shape index (κ1) is 15.0. The van der Waals surface area contributed by atoms with E-state index in [4.69, 9.17) is 0 Å². The highest BCUT2D eigenvalue weighted by Crippen LogP contribution is 2.16. The molecule has 2 rings (SSSR count). The van der Waals surface area contributed by atoms with Crippen molar-refractivity contribution >= 4 is 11.3 Å². The third-order valence-corrected chi connectivity index (χ3v) is 5.12. The Hall–Kier alpha value is -0.420. The second-order valence-electron chi connectivity index (χ2n) is 5.78. The summed E-state index contributed by atoms with van der Waals surface area (Å²) in [5, 5.41) is 5.70. The van der Waals surface area contributed by atoms with Crippen molar-refractivity contribution in [1.29, 1.82) is 0 Å². The molecule has 1 aromatic heterocycles. The maximum Gasteiger partial charge on any atom is 0.0300 e. The fraction of sp³-hybridized carbons (Fsp3) is 0.733. The smallest absolute Gasteiger partial charge is 0.0300 e. The molecular formula is C15H27N3S. The van der Waals surface area contributed by atoms with Crippen molar-refractivity contribution in [3.05, 3.63) is 22.4 Å². The van der Waals surface area contributed by atoms with E-state index in [2.05, 4.69) is 53.6 Å². The Labute approximate surface area is 121 Å². The molecule has 1 aliphatic heterocycles. The first-order chi connectivity index (χ1) is 9.16. The number of likely N-dealkylation sites (N-methyl/N-ethyl adjacent to an activating group) is 2. The quantitative estimate of drug-likeness (QED) is 0.827. The zero-order valence-electron chi connectivity index (χ0n) is 12.4. The van der Waals surface area contributed by atoms with Crippen LogP contribution in [-0.4, -0.2) is 55.6 Å². The molecule has 3 nitrogen and oxygen atoms in total. The topological polar surface area (TPSA) is 18.5 Å². The van der Waals surface area contributed by atoms with Crippen LogP contribution in [0.5, 0.6) is 0 Å². The SMILES string of the molecule is CC(CNCc1cccs1)N(C)CC1CCCN1C. The van der Waals surface area contributed by atoms with Gasteiger partial charge in [-0.3, -0.25) is 0 Å². The van der Waals surface area contributed by atoms with Crippen LogP contribution >= 0.6 is 11.3 Å². The van der Waals surface area contributed by atoms with Crippen molar-refractivity contribution in [2.75, 3.05) is 33.7 Å². The average Bonchev–Trinajstić information content (AvgIpc) is 3.02. The van der Waals surface area contributed by atoms with E-state index < -0.39 is 0 Å². The van der Waals surface area contributed by atoms with Gasteiger partial charge in [-0.2, -0.15) is 0 Å². The Kier molecular flexibility index (Phi) is 5.82. The Bertz CT molecular complexity index is 352. The largest absolute Gasteiger partial charge is 0.310 e. The number of rotatable bonds is 7. The summed E-state index contributed by atoms with van der Waals surface area (Å²) in [6.45, 7) is 6.84. The first-order valence-corrected chi connectivity index (χ1v) is 8.18. The molecule has 1 aromatic rings. The third-order valence-electron chi connectivity index (χ3n) is 4.24. The summed E-state index contributed by atoms with van der Waals surface area (Å²) >= 11 is 1.83. The van der Waals surface area contributed by atoms with E-state index in [1.54, 1.807) is 0 Å². The Morgan fingerprint density at radius 3 is 3.05 bits per heavy atom. The van der Waals surface area contributed by atoms with E-state index in [9.17, 15) is 0 Å². The van der Waals surface area contributed by atoms with Gasteiger partial charge in [0.1, 0.15) is 0 Å². The minimum Gasteiger partial charge on any atom is -0.310 e. The molecule has 0 saturated carbocycles. The molecule has 108 valence electrons. The van der Waals surface area contributed by atoms with E-state index in [1.807, 2.05) is 11.3 Å². The number of hydrogen-bond acceptors (Lipinski definition) is 4. The molecule has 1 aliphatic rings. The van der Waals surface area contributed by atoms with E-state index in [-0.39, 0.29) is 0 Å². The molecule has 1 N–H and O–H groups in total. The molecule has 0 spiro atoms. The van der Waals surface area contributed by atoms with Crippen LogP contribution in [0.3, 0.4) is 0 Å². The standard InChI is InChI=1S/C15H27N3S/c1-13(10-16-11-15-7-5-9-19-15)18(3)12-14-6-4-8-17(14)2/h5,7,9,13-14,16H,4,6,8,10-12H2,1-3H3. The van der Waals surface area contributed by atoms with Crippen molar-refractivity contribution in [2.45, 2.75) is 38.4 Å². The van der Waals surface area contributed by atoms with Crippen molar-refractivity contribution in [2.24, 2.45) is 0 Å². The predicted octanol–water partition coefficient (Wildman–Crippen LogP) is 2.25. The van der Waals surface area contributed by atoms with Crippen LogP contribution in [0.4, 0.5) is 0 Å². The maximum atomic E-state index is 3.56. The molecule has 0 aliphatic carbocycles. The maximum absolute atomic E-state index is 3.56. The number of likely N-dealkylation sites (tertiary alicyclic amines) is 1. The van der Waals surface area contributed by atoms with Crippen LogP contribution in [0.1, 0.15) is 24.6 Å². The van der Waals surface area contributed by atoms with Gasteiger partial charge in [-0.15, -0.1) is 11.3 Å². The molecule has 0 aromatic carbocycles. The molecule has 2 heterocycles. The number of hydrogen-bond donors (Lipinski definition) is 1. The second kappa shape index (κ2) is 7.39. The minimum atomic E-state index is 0.592. The van der Waals surface area contributed by atoms with E-state index >= 15 is 0 Å². The lowest BCUT2D eigenvalue weighted by atomic mass is 10.2. The zero-order valence-corrected chi connectivity index (χ0v) is 13.2. The van der Waals surface area contributed by atoms with Gasteiger partial charge in [0.15, 0.2) is 0 Å². The van der Waals surface area contributed by atoms with Crippen molar-refractivity contribution < 1.29 is 0 Å². The number of thiophene rings is 1. The van der Waals surface area contributed by atoms with Gasteiger partial charge in [-0.1, -0.05) is 6.07 Å². The van der Waals surface area contributed by atoms with Crippen LogP contribution in [0.15, 0.2) is 17.5 Å². The molecule has 1 saturated heterocycles. The first-order valence-electron chi connectivity index (χ1n) is 7.30. The summed E-state index contributed by atoms with van der Waals surface area (Å²) in [6.07, 6.45) is 2.72. The van der Waals surface area contributed by atoms with Crippen LogP contribution < -0.4 is 5.32 Å². The summed E-state index contributed by atoms with van der Waals surface area (Å²) < 4.78 is 0. The van der Waals surface area contributed by atoms with E-state index in [1.165, 1.54) is 30.8 Å². The molecule has 0 amide bonds. The molecule has 0 bridgehead atoms. The van der Waals surface area contributed by atoms with Gasteiger partial charge in [0.25, 0.3) is 0 Å². The minimum absolute atomic E-state index is 0.592. The van der Waals surface area contributed by atoms with Crippen molar-refractivity contribution in [3.8, 4) is 0 Å². The van der Waals surface area contributed by atoms with Crippen LogP contribution in [0, 0.1) is 0 Å². The van der Waals surface area contributed by atoms with Gasteiger partial charge in [0, 0.05) is 36.6 Å². The van der Waals surface area contributed by atoms with Gasteiger partial charge < -0.3 is 15.1 Å². The van der Waals surface area contributed by atoms with Crippen molar-refractivity contribution in [3.63, 3.8) is 0 Å². The fourth-order valence-electron chi connectivity index (χ4n) is 2.70. The lowest BCUT2D eigenvalue weighted by molar-refractivity contribution is 0.182. The van der Waals surface area contributed by atoms with Gasteiger partial charge in [0.05, 0.1) is 0 Å². The van der Waals surface area contributed by atoms with E-state index in [0.29, 0.717) is 6.04 Å². The molecular weight excluding hydrogens is 254 g/mol. The van der Waals surface area contributed by atoms with E-state index in [0.717, 1.165) is 19.1 Å². The monoisotopic (exact) mass is 281 g/mol. The van der Waals surface area contributed by atoms with Crippen LogP contribution in [0.25, 0.3) is 0 Å². The zero-order chi connectivity index (χ0) is 13.7. The number of nitrogens with one attached hydrogen (secondary N) is 1. The van der Waals surface area contributed by atoms with Gasteiger partial charge in [-0.25, -0.2) is 0 Å².